The van der Waals surface area contributed by atoms with Gasteiger partial charge in [0.05, 0.1) is 15.5 Å². The summed E-state index contributed by atoms with van der Waals surface area (Å²) in [5.74, 6) is -0.985. The van der Waals surface area contributed by atoms with Gasteiger partial charge in [-0.15, -0.1) is 0 Å². The molecule has 0 atom stereocenters. The van der Waals surface area contributed by atoms with Crippen LogP contribution in [0.15, 0.2) is 34.1 Å². The van der Waals surface area contributed by atoms with Gasteiger partial charge in [-0.05, 0) is 26.1 Å². The van der Waals surface area contributed by atoms with E-state index in [9.17, 15) is 9.59 Å². The summed E-state index contributed by atoms with van der Waals surface area (Å²) in [5.41, 5.74) is 5.71. The van der Waals surface area contributed by atoms with Crippen LogP contribution in [0.3, 0.4) is 0 Å². The molecule has 0 saturated heterocycles. The second-order valence-corrected chi connectivity index (χ2v) is 6.49. The van der Waals surface area contributed by atoms with Crippen LogP contribution in [-0.2, 0) is 9.59 Å². The number of aromatic nitrogens is 1. The van der Waals surface area contributed by atoms with Gasteiger partial charge < -0.3 is 10.6 Å². The Morgan fingerprint density at radius 2 is 1.87 bits per heavy atom. The van der Waals surface area contributed by atoms with Crippen LogP contribution in [0.25, 0.3) is 5.57 Å². The van der Waals surface area contributed by atoms with Crippen molar-refractivity contribution in [2.45, 2.75) is 13.8 Å². The van der Waals surface area contributed by atoms with Gasteiger partial charge in [0.1, 0.15) is 5.03 Å². The Bertz CT molecular complexity index is 746. The maximum absolute atomic E-state index is 12.5. The quantitative estimate of drug-likeness (QED) is 0.804. The number of halogens is 2. The molecule has 0 aliphatic heterocycles. The molecule has 0 amide bonds. The molecule has 0 radical (unpaired) electrons. The van der Waals surface area contributed by atoms with Gasteiger partial charge in [-0.25, -0.2) is 4.98 Å². The molecule has 0 spiro atoms. The molecule has 2 N–H and O–H groups in total. The van der Waals surface area contributed by atoms with Gasteiger partial charge in [-0.1, -0.05) is 34.5 Å². The number of carbonyl (C=O) groups excluding carboxylic acids is 2. The first-order valence-corrected chi connectivity index (χ1v) is 8.50. The van der Waals surface area contributed by atoms with Crippen molar-refractivity contribution in [3.8, 4) is 0 Å². The average molecular weight is 372 g/mol. The second kappa shape index (κ2) is 7.29. The summed E-state index contributed by atoms with van der Waals surface area (Å²) < 4.78 is 0. The molecule has 1 aromatic rings. The fourth-order valence-corrected chi connectivity index (χ4v) is 3.37. The Labute approximate surface area is 148 Å². The molecular weight excluding hydrogens is 357 g/mol. The molecule has 1 aromatic heterocycles. The largest absolute Gasteiger partial charge is 0.378 e. The van der Waals surface area contributed by atoms with Gasteiger partial charge in [0.25, 0.3) is 0 Å². The molecular formula is C15H15Cl2N3O2S. The monoisotopic (exact) mass is 371 g/mol. The third-order valence-electron chi connectivity index (χ3n) is 3.36. The molecule has 0 bridgehead atoms. The SMILES string of the molecule is CCN(C=CC1=C(Cl)C(=O)C(c2cnc(N)s2)=C(Cl)C1=O)CC. The van der Waals surface area contributed by atoms with Crippen LogP contribution in [0.4, 0.5) is 5.13 Å². The smallest absolute Gasteiger partial charge is 0.208 e. The second-order valence-electron chi connectivity index (χ2n) is 4.67. The molecule has 0 saturated carbocycles. The van der Waals surface area contributed by atoms with E-state index >= 15 is 0 Å². The number of hydrogen-bond acceptors (Lipinski definition) is 6. The van der Waals surface area contributed by atoms with Crippen molar-refractivity contribution >= 4 is 56.8 Å². The van der Waals surface area contributed by atoms with E-state index in [-0.39, 0.29) is 26.3 Å². The highest BCUT2D eigenvalue weighted by Gasteiger charge is 2.33. The number of nitrogen functional groups attached to an aromatic ring is 1. The molecule has 8 heteroatoms. The Hall–Kier alpha value is -1.63. The topological polar surface area (TPSA) is 76.3 Å². The highest BCUT2D eigenvalue weighted by atomic mass is 35.5. The van der Waals surface area contributed by atoms with E-state index < -0.39 is 11.6 Å². The molecule has 0 aromatic carbocycles. The van der Waals surface area contributed by atoms with Crippen LogP contribution < -0.4 is 5.73 Å². The summed E-state index contributed by atoms with van der Waals surface area (Å²) in [4.78, 5) is 31.2. The Kier molecular flexibility index (Phi) is 5.62. The van der Waals surface area contributed by atoms with Crippen LogP contribution in [0.1, 0.15) is 18.7 Å². The summed E-state index contributed by atoms with van der Waals surface area (Å²) in [7, 11) is 0. The highest BCUT2D eigenvalue weighted by Crippen LogP contribution is 2.37. The zero-order valence-electron chi connectivity index (χ0n) is 12.6. The van der Waals surface area contributed by atoms with Crippen LogP contribution in [0.2, 0.25) is 0 Å². The number of nitrogens with zero attached hydrogens (tertiary/aromatic N) is 2. The lowest BCUT2D eigenvalue weighted by molar-refractivity contribution is -0.114. The number of hydrogen-bond donors (Lipinski definition) is 1. The van der Waals surface area contributed by atoms with E-state index in [4.69, 9.17) is 28.9 Å². The third kappa shape index (κ3) is 3.49. The summed E-state index contributed by atoms with van der Waals surface area (Å²) >= 11 is 13.3. The minimum Gasteiger partial charge on any atom is -0.378 e. The van der Waals surface area contributed by atoms with Gasteiger partial charge in [-0.2, -0.15) is 0 Å². The number of anilines is 1. The molecule has 0 unspecified atom stereocenters. The molecule has 1 heterocycles. The summed E-state index contributed by atoms with van der Waals surface area (Å²) in [6.07, 6.45) is 4.66. The van der Waals surface area contributed by atoms with E-state index in [0.717, 1.165) is 24.4 Å². The highest BCUT2D eigenvalue weighted by molar-refractivity contribution is 7.17. The third-order valence-corrected chi connectivity index (χ3v) is 4.94. The first kappa shape index (κ1) is 17.7. The molecule has 5 nitrogen and oxygen atoms in total. The van der Waals surface area contributed by atoms with E-state index in [2.05, 4.69) is 4.98 Å². The fourth-order valence-electron chi connectivity index (χ4n) is 2.05. The van der Waals surface area contributed by atoms with Gasteiger partial charge >= 0.3 is 0 Å². The average Bonchev–Trinajstić information content (AvgIpc) is 2.95. The summed E-state index contributed by atoms with van der Waals surface area (Å²) in [6.45, 7) is 5.51. The maximum atomic E-state index is 12.5. The van der Waals surface area contributed by atoms with Gasteiger partial charge in [-0.3, -0.25) is 9.59 Å². The number of thiazole rings is 1. The normalized spacial score (nSPS) is 16.0. The van der Waals surface area contributed by atoms with Crippen molar-refractivity contribution in [2.24, 2.45) is 0 Å². The predicted molar refractivity (Wildman–Crippen MR) is 94.3 cm³/mol. The maximum Gasteiger partial charge on any atom is 0.208 e. The van der Waals surface area contributed by atoms with Gasteiger partial charge in [0.2, 0.25) is 11.6 Å². The zero-order valence-corrected chi connectivity index (χ0v) is 14.9. The van der Waals surface area contributed by atoms with Gasteiger partial charge in [0, 0.05) is 24.9 Å². The number of rotatable bonds is 5. The first-order valence-electron chi connectivity index (χ1n) is 6.93. The molecule has 1 aliphatic carbocycles. The van der Waals surface area contributed by atoms with Crippen molar-refractivity contribution in [3.63, 3.8) is 0 Å². The molecule has 23 heavy (non-hydrogen) atoms. The first-order chi connectivity index (χ1) is 10.9. The van der Waals surface area contributed by atoms with Crippen molar-refractivity contribution in [3.05, 3.63) is 39.0 Å². The van der Waals surface area contributed by atoms with E-state index in [0.29, 0.717) is 4.88 Å². The summed E-state index contributed by atoms with van der Waals surface area (Å²) in [5, 5.41) is -0.0310. The lowest BCUT2D eigenvalue weighted by atomic mass is 9.95. The minimum atomic E-state index is -0.501. The van der Waals surface area contributed by atoms with Crippen molar-refractivity contribution in [1.82, 2.24) is 9.88 Å². The number of carbonyl (C=O) groups is 2. The number of allylic oxidation sites excluding steroid dienone is 5. The Morgan fingerprint density at radius 1 is 1.22 bits per heavy atom. The zero-order chi connectivity index (χ0) is 17.1. The van der Waals surface area contributed by atoms with Crippen LogP contribution >= 0.6 is 34.5 Å². The predicted octanol–water partition coefficient (Wildman–Crippen LogP) is 3.18. The van der Waals surface area contributed by atoms with Gasteiger partial charge in [0.15, 0.2) is 5.13 Å². The van der Waals surface area contributed by atoms with Crippen molar-refractivity contribution in [1.29, 1.82) is 0 Å². The lowest BCUT2D eigenvalue weighted by Crippen LogP contribution is -2.19. The van der Waals surface area contributed by atoms with Crippen LogP contribution in [-0.4, -0.2) is 34.5 Å². The van der Waals surface area contributed by atoms with Crippen LogP contribution in [0.5, 0.6) is 0 Å². The number of ketones is 2. The van der Waals surface area contributed by atoms with Crippen molar-refractivity contribution < 1.29 is 9.59 Å². The molecule has 0 fully saturated rings. The Morgan fingerprint density at radius 3 is 2.39 bits per heavy atom. The van der Waals surface area contributed by atoms with Crippen LogP contribution in [0, 0.1) is 0 Å². The molecule has 2 rings (SSSR count). The standard InChI is InChI=1S/C15H15Cl2N3O2S/c1-3-20(4-2)6-5-8-11(16)14(22)10(12(17)13(8)21)9-7-19-15(18)23-9/h5-7H,3-4H2,1-2H3,(H2,18,19). The minimum absolute atomic E-state index is 0.0517. The fraction of sp³-hybridized carbons (Fsp3) is 0.267. The number of Topliss-reactive ketones (excluding diaryl/α,β-unsaturated/α-hetero) is 2. The molecule has 122 valence electrons. The van der Waals surface area contributed by atoms with E-state index in [1.165, 1.54) is 12.3 Å². The number of nitrogens with two attached hydrogens (primary N) is 1. The van der Waals surface area contributed by atoms with E-state index in [1.54, 1.807) is 6.20 Å². The van der Waals surface area contributed by atoms with Crippen molar-refractivity contribution in [2.75, 3.05) is 18.8 Å². The molecule has 1 aliphatic rings. The van der Waals surface area contributed by atoms with E-state index in [1.807, 2.05) is 18.7 Å². The Balaban J connectivity index is 2.42. The lowest BCUT2D eigenvalue weighted by Gasteiger charge is -2.17. The summed E-state index contributed by atoms with van der Waals surface area (Å²) in [6, 6.07) is 0.